The molecule has 0 saturated heterocycles. The molecule has 0 spiro atoms. The Hall–Kier alpha value is -5.02. The third kappa shape index (κ3) is 3.95. The minimum absolute atomic E-state index is 0.225. The van der Waals surface area contributed by atoms with E-state index in [1.165, 1.54) is 12.1 Å². The highest BCUT2D eigenvalue weighted by Crippen LogP contribution is 2.37. The second-order valence-corrected chi connectivity index (χ2v) is 9.36. The van der Waals surface area contributed by atoms with Crippen molar-refractivity contribution in [2.24, 2.45) is 0 Å². The van der Waals surface area contributed by atoms with Gasteiger partial charge in [0.2, 0.25) is 5.89 Å². The molecule has 0 bridgehead atoms. The van der Waals surface area contributed by atoms with Crippen molar-refractivity contribution in [1.29, 1.82) is 0 Å². The molecule has 6 aromatic carbocycles. The van der Waals surface area contributed by atoms with Gasteiger partial charge in [-0.05, 0) is 80.6 Å². The lowest BCUT2D eigenvalue weighted by Crippen LogP contribution is -1.87. The number of hydrogen-bond donors (Lipinski definition) is 0. The fourth-order valence-electron chi connectivity index (χ4n) is 5.09. The van der Waals surface area contributed by atoms with Crippen LogP contribution in [0.3, 0.4) is 0 Å². The molecule has 0 N–H and O–H groups in total. The lowest BCUT2D eigenvalue weighted by molar-refractivity contribution is 0.620. The third-order valence-corrected chi connectivity index (χ3v) is 7.02. The summed E-state index contributed by atoms with van der Waals surface area (Å²) >= 11 is 0. The topological polar surface area (TPSA) is 26.0 Å². The highest BCUT2D eigenvalue weighted by Gasteiger charge is 2.14. The van der Waals surface area contributed by atoms with E-state index in [2.05, 4.69) is 84.9 Å². The van der Waals surface area contributed by atoms with Gasteiger partial charge in [0.1, 0.15) is 11.3 Å². The average molecular weight is 492 g/mol. The summed E-state index contributed by atoms with van der Waals surface area (Å²) in [5, 5.41) is 2.25. The van der Waals surface area contributed by atoms with Crippen LogP contribution in [-0.2, 0) is 0 Å². The van der Waals surface area contributed by atoms with Crippen molar-refractivity contribution in [2.45, 2.75) is 0 Å². The van der Waals surface area contributed by atoms with Crippen LogP contribution < -0.4 is 0 Å². The van der Waals surface area contributed by atoms with E-state index in [0.29, 0.717) is 5.89 Å². The maximum atomic E-state index is 13.3. The number of para-hydroxylation sites is 2. The van der Waals surface area contributed by atoms with E-state index < -0.39 is 0 Å². The Morgan fingerprint density at radius 1 is 0.474 bits per heavy atom. The van der Waals surface area contributed by atoms with Gasteiger partial charge >= 0.3 is 0 Å². The molecule has 0 aliphatic heterocycles. The molecule has 38 heavy (non-hydrogen) atoms. The number of hydrogen-bond acceptors (Lipinski definition) is 2. The summed E-state index contributed by atoms with van der Waals surface area (Å²) in [7, 11) is 0. The van der Waals surface area contributed by atoms with E-state index >= 15 is 0 Å². The number of halogens is 1. The maximum Gasteiger partial charge on any atom is 0.227 e. The van der Waals surface area contributed by atoms with Crippen LogP contribution in [0.4, 0.5) is 4.39 Å². The maximum absolute atomic E-state index is 13.3. The minimum atomic E-state index is -0.225. The van der Waals surface area contributed by atoms with Crippen molar-refractivity contribution in [2.75, 3.05) is 0 Å². The minimum Gasteiger partial charge on any atom is -0.436 e. The number of oxazole rings is 1. The quantitative estimate of drug-likeness (QED) is 0.245. The van der Waals surface area contributed by atoms with Gasteiger partial charge in [0, 0.05) is 5.56 Å². The highest BCUT2D eigenvalue weighted by atomic mass is 19.1. The van der Waals surface area contributed by atoms with Gasteiger partial charge < -0.3 is 4.42 Å². The van der Waals surface area contributed by atoms with Gasteiger partial charge in [-0.15, -0.1) is 0 Å². The van der Waals surface area contributed by atoms with E-state index in [4.69, 9.17) is 9.40 Å². The number of nitrogens with zero attached hydrogens (tertiary/aromatic N) is 1. The largest absolute Gasteiger partial charge is 0.436 e. The summed E-state index contributed by atoms with van der Waals surface area (Å²) in [6.45, 7) is 0. The summed E-state index contributed by atoms with van der Waals surface area (Å²) in [6.07, 6.45) is 0. The molecule has 0 atom stereocenters. The lowest BCUT2D eigenvalue weighted by Gasteiger charge is -2.12. The Bertz CT molecular complexity index is 1880. The van der Waals surface area contributed by atoms with Crippen molar-refractivity contribution in [3.8, 4) is 44.8 Å². The Morgan fingerprint density at radius 3 is 1.79 bits per heavy atom. The average Bonchev–Trinajstić information content (AvgIpc) is 3.41. The molecule has 1 aromatic heterocycles. The summed E-state index contributed by atoms with van der Waals surface area (Å²) in [6, 6.07) is 44.1. The third-order valence-electron chi connectivity index (χ3n) is 7.02. The summed E-state index contributed by atoms with van der Waals surface area (Å²) in [5.41, 5.74) is 9.25. The van der Waals surface area contributed by atoms with Crippen LogP contribution in [0.25, 0.3) is 66.7 Å². The molecule has 7 aromatic rings. The molecular formula is C35H22FNO. The molecule has 0 unspecified atom stereocenters. The first-order chi connectivity index (χ1) is 18.7. The summed E-state index contributed by atoms with van der Waals surface area (Å²) in [4.78, 5) is 4.74. The predicted molar refractivity (Wildman–Crippen MR) is 153 cm³/mol. The van der Waals surface area contributed by atoms with Gasteiger partial charge in [-0.2, -0.15) is 0 Å². The van der Waals surface area contributed by atoms with Gasteiger partial charge in [-0.1, -0.05) is 97.1 Å². The first kappa shape index (κ1) is 22.2. The number of fused-ring (bicyclic) bond motifs is 2. The Kier molecular flexibility index (Phi) is 5.33. The van der Waals surface area contributed by atoms with Crippen LogP contribution in [0.5, 0.6) is 0 Å². The van der Waals surface area contributed by atoms with E-state index in [1.54, 1.807) is 12.1 Å². The monoisotopic (exact) mass is 491 g/mol. The van der Waals surface area contributed by atoms with Gasteiger partial charge in [-0.3, -0.25) is 0 Å². The van der Waals surface area contributed by atoms with Gasteiger partial charge in [0.25, 0.3) is 0 Å². The van der Waals surface area contributed by atoms with E-state index in [1.807, 2.05) is 24.3 Å². The van der Waals surface area contributed by atoms with Crippen LogP contribution >= 0.6 is 0 Å². The molecule has 0 amide bonds. The lowest BCUT2D eigenvalue weighted by atomic mass is 9.92. The fourth-order valence-corrected chi connectivity index (χ4v) is 5.09. The Labute approximate surface area is 219 Å². The molecule has 1 heterocycles. The fraction of sp³-hybridized carbons (Fsp3) is 0. The molecule has 3 heteroatoms. The number of aromatic nitrogens is 1. The predicted octanol–water partition coefficient (Wildman–Crippen LogP) is 9.79. The molecule has 0 radical (unpaired) electrons. The number of rotatable bonds is 4. The summed E-state index contributed by atoms with van der Waals surface area (Å²) in [5.74, 6) is 0.403. The first-order valence-corrected chi connectivity index (χ1v) is 12.6. The smallest absolute Gasteiger partial charge is 0.227 e. The normalized spacial score (nSPS) is 11.3. The number of benzene rings is 6. The van der Waals surface area contributed by atoms with E-state index in [0.717, 1.165) is 60.8 Å². The van der Waals surface area contributed by atoms with Gasteiger partial charge in [0.15, 0.2) is 5.58 Å². The zero-order valence-electron chi connectivity index (χ0n) is 20.4. The molecule has 7 rings (SSSR count). The zero-order chi connectivity index (χ0) is 25.5. The van der Waals surface area contributed by atoms with Gasteiger partial charge in [-0.25, -0.2) is 9.37 Å². The Balaban J connectivity index is 1.28. The summed E-state index contributed by atoms with van der Waals surface area (Å²) < 4.78 is 19.4. The molecule has 2 nitrogen and oxygen atoms in total. The van der Waals surface area contributed by atoms with Crippen LogP contribution in [-0.4, -0.2) is 4.98 Å². The van der Waals surface area contributed by atoms with Crippen LogP contribution in [0.1, 0.15) is 0 Å². The second kappa shape index (κ2) is 9.13. The first-order valence-electron chi connectivity index (χ1n) is 12.6. The van der Waals surface area contributed by atoms with Crippen LogP contribution in [0.15, 0.2) is 138 Å². The van der Waals surface area contributed by atoms with Crippen LogP contribution in [0, 0.1) is 5.82 Å². The highest BCUT2D eigenvalue weighted by molar-refractivity contribution is 6.04. The van der Waals surface area contributed by atoms with Crippen LogP contribution in [0.2, 0.25) is 0 Å². The molecule has 0 fully saturated rings. The van der Waals surface area contributed by atoms with Crippen molar-refractivity contribution >= 4 is 21.9 Å². The van der Waals surface area contributed by atoms with E-state index in [-0.39, 0.29) is 5.82 Å². The Morgan fingerprint density at radius 2 is 1.05 bits per heavy atom. The van der Waals surface area contributed by atoms with E-state index in [9.17, 15) is 4.39 Å². The molecule has 0 aliphatic carbocycles. The molecule has 0 aliphatic rings. The SMILES string of the molecule is Fc1ccc(-c2ccc(-c3cccc(-c4ccc(-c5nc6ccccc6o5)c5ccccc45)c3)cc2)cc1. The van der Waals surface area contributed by atoms with Crippen molar-refractivity contribution in [1.82, 2.24) is 4.98 Å². The van der Waals surface area contributed by atoms with Crippen molar-refractivity contribution < 1.29 is 8.81 Å². The molecule has 180 valence electrons. The zero-order valence-corrected chi connectivity index (χ0v) is 20.4. The molecular weight excluding hydrogens is 469 g/mol. The second-order valence-electron chi connectivity index (χ2n) is 9.36. The van der Waals surface area contributed by atoms with Crippen molar-refractivity contribution in [3.05, 3.63) is 139 Å². The van der Waals surface area contributed by atoms with Crippen molar-refractivity contribution in [3.63, 3.8) is 0 Å². The van der Waals surface area contributed by atoms with Gasteiger partial charge in [0.05, 0.1) is 0 Å². The molecule has 0 saturated carbocycles. The standard InChI is InChI=1S/C35H22FNO/c36-28-18-16-24(17-19-28)23-12-14-25(15-13-23)26-6-5-7-27(22-26)29-20-21-32(31-9-2-1-8-30(29)31)35-37-33-10-3-4-11-34(33)38-35/h1-22H.